The molecule has 4 aromatic rings. The summed E-state index contributed by atoms with van der Waals surface area (Å²) in [6, 6.07) is 13.1. The van der Waals surface area contributed by atoms with Crippen molar-refractivity contribution in [2.24, 2.45) is 0 Å². The Hall–Kier alpha value is -3.55. The van der Waals surface area contributed by atoms with Gasteiger partial charge in [0, 0.05) is 47.6 Å². The molecule has 2 aromatic heterocycles. The van der Waals surface area contributed by atoms with Crippen molar-refractivity contribution in [1.82, 2.24) is 14.9 Å². The van der Waals surface area contributed by atoms with Gasteiger partial charge in [-0.3, -0.25) is 4.79 Å². The Bertz CT molecular complexity index is 1340. The summed E-state index contributed by atoms with van der Waals surface area (Å²) >= 11 is 6.33. The van der Waals surface area contributed by atoms with Gasteiger partial charge in [-0.25, -0.2) is 4.98 Å². The van der Waals surface area contributed by atoms with Crippen LogP contribution in [0.2, 0.25) is 5.02 Å². The number of methoxy groups -OCH3 is 1. The summed E-state index contributed by atoms with van der Waals surface area (Å²) in [7, 11) is 1.64. The van der Waals surface area contributed by atoms with Crippen molar-refractivity contribution < 1.29 is 19.4 Å². The normalized spacial score (nSPS) is 13.9. The van der Waals surface area contributed by atoms with E-state index in [0.717, 1.165) is 33.5 Å². The van der Waals surface area contributed by atoms with E-state index in [-0.39, 0.29) is 22.2 Å². The van der Waals surface area contributed by atoms with Crippen LogP contribution < -0.4 is 4.74 Å². The van der Waals surface area contributed by atoms with Gasteiger partial charge in [-0.2, -0.15) is 0 Å². The lowest BCUT2D eigenvalue weighted by molar-refractivity contribution is 0.0301. The number of nitrogens with zero attached hydrogens (tertiary/aromatic N) is 2. The summed E-state index contributed by atoms with van der Waals surface area (Å²) in [6.45, 7) is 1.89. The number of aromatic nitrogens is 2. The minimum Gasteiger partial charge on any atom is -0.506 e. The van der Waals surface area contributed by atoms with Crippen molar-refractivity contribution in [3.8, 4) is 33.8 Å². The van der Waals surface area contributed by atoms with Gasteiger partial charge in [-0.05, 0) is 29.8 Å². The fraction of sp³-hybridized carbons (Fsp3) is 0.200. The number of pyridine rings is 1. The molecule has 1 fully saturated rings. The summed E-state index contributed by atoms with van der Waals surface area (Å²) in [6.07, 6.45) is 3.62. The van der Waals surface area contributed by atoms with Crippen LogP contribution in [0.4, 0.5) is 0 Å². The number of hydrogen-bond acceptors (Lipinski definition) is 5. The number of nitrogens with one attached hydrogen (secondary N) is 1. The molecule has 7 nitrogen and oxygen atoms in total. The Balaban J connectivity index is 1.59. The van der Waals surface area contributed by atoms with E-state index in [1.165, 1.54) is 0 Å². The molecule has 0 radical (unpaired) electrons. The molecule has 0 saturated carbocycles. The molecule has 0 aliphatic carbocycles. The highest BCUT2D eigenvalue weighted by Gasteiger charge is 2.24. The standard InChI is InChI=1S/C25H22ClN3O4/c1-32-22-5-3-2-4-17(22)20-14-28-24-18(20)11-16(13-27-24)15-10-19(23(30)21(26)12-15)25(31)29-6-8-33-9-7-29/h2-5,10-14,30H,6-9H2,1H3,(H,27,28). The number of ether oxygens (including phenoxy) is 2. The first kappa shape index (κ1) is 21.3. The van der Waals surface area contributed by atoms with Crippen LogP contribution in [0, 0.1) is 0 Å². The number of phenols is 1. The maximum Gasteiger partial charge on any atom is 0.257 e. The minimum absolute atomic E-state index is 0.114. The number of carbonyl (C=O) groups excluding carboxylic acids is 1. The van der Waals surface area contributed by atoms with Crippen LogP contribution in [0.5, 0.6) is 11.5 Å². The van der Waals surface area contributed by atoms with Gasteiger partial charge in [0.2, 0.25) is 0 Å². The Morgan fingerprint density at radius 3 is 2.73 bits per heavy atom. The molecule has 5 rings (SSSR count). The number of hydrogen-bond donors (Lipinski definition) is 2. The number of para-hydroxylation sites is 1. The number of aromatic hydroxyl groups is 1. The van der Waals surface area contributed by atoms with Gasteiger partial charge in [-0.15, -0.1) is 0 Å². The zero-order valence-electron chi connectivity index (χ0n) is 18.0. The summed E-state index contributed by atoms with van der Waals surface area (Å²) in [5, 5.41) is 11.5. The summed E-state index contributed by atoms with van der Waals surface area (Å²) < 4.78 is 10.9. The van der Waals surface area contributed by atoms with Crippen LogP contribution >= 0.6 is 11.6 Å². The largest absolute Gasteiger partial charge is 0.506 e. The first-order chi connectivity index (χ1) is 16.1. The lowest BCUT2D eigenvalue weighted by atomic mass is 9.99. The number of phenolic OH excluding ortho intramolecular Hbond substituents is 1. The molecule has 3 heterocycles. The molecule has 8 heteroatoms. The molecular weight excluding hydrogens is 442 g/mol. The summed E-state index contributed by atoms with van der Waals surface area (Å²) in [4.78, 5) is 22.5. The van der Waals surface area contributed by atoms with Crippen LogP contribution in [-0.2, 0) is 4.74 Å². The number of amides is 1. The average molecular weight is 464 g/mol. The highest BCUT2D eigenvalue weighted by atomic mass is 35.5. The molecule has 2 aromatic carbocycles. The third kappa shape index (κ3) is 3.90. The fourth-order valence-electron chi connectivity index (χ4n) is 4.12. The number of aromatic amines is 1. The van der Waals surface area contributed by atoms with E-state index in [2.05, 4.69) is 9.97 Å². The van der Waals surface area contributed by atoms with E-state index in [4.69, 9.17) is 21.1 Å². The first-order valence-corrected chi connectivity index (χ1v) is 10.9. The van der Waals surface area contributed by atoms with Gasteiger partial charge in [0.05, 0.1) is 30.9 Å². The minimum atomic E-state index is -0.273. The number of halogens is 1. The van der Waals surface area contributed by atoms with Gasteiger partial charge in [0.15, 0.2) is 0 Å². The van der Waals surface area contributed by atoms with Crippen LogP contribution in [0.3, 0.4) is 0 Å². The Labute approximate surface area is 195 Å². The third-order valence-electron chi connectivity index (χ3n) is 5.85. The molecule has 0 spiro atoms. The molecule has 0 bridgehead atoms. The Morgan fingerprint density at radius 2 is 1.94 bits per heavy atom. The van der Waals surface area contributed by atoms with Crippen LogP contribution in [0.1, 0.15) is 10.4 Å². The van der Waals surface area contributed by atoms with Gasteiger partial charge in [-0.1, -0.05) is 29.8 Å². The molecule has 2 N–H and O–H groups in total. The monoisotopic (exact) mass is 463 g/mol. The molecule has 1 saturated heterocycles. The molecule has 1 aliphatic rings. The smallest absolute Gasteiger partial charge is 0.257 e. The van der Waals surface area contributed by atoms with Crippen molar-refractivity contribution in [2.75, 3.05) is 33.4 Å². The van der Waals surface area contributed by atoms with Crippen molar-refractivity contribution in [2.45, 2.75) is 0 Å². The summed E-state index contributed by atoms with van der Waals surface area (Å²) in [5.74, 6) is 0.266. The maximum atomic E-state index is 13.1. The third-order valence-corrected chi connectivity index (χ3v) is 6.14. The van der Waals surface area contributed by atoms with Crippen LogP contribution in [0.25, 0.3) is 33.3 Å². The quantitative estimate of drug-likeness (QED) is 0.456. The van der Waals surface area contributed by atoms with Crippen molar-refractivity contribution in [3.05, 3.63) is 65.4 Å². The topological polar surface area (TPSA) is 87.7 Å². The first-order valence-electron chi connectivity index (χ1n) is 10.6. The van der Waals surface area contributed by atoms with Gasteiger partial charge in [0.1, 0.15) is 17.1 Å². The number of carbonyl (C=O) groups is 1. The second-order valence-electron chi connectivity index (χ2n) is 7.78. The predicted molar refractivity (Wildman–Crippen MR) is 127 cm³/mol. The average Bonchev–Trinajstić information content (AvgIpc) is 3.28. The van der Waals surface area contributed by atoms with E-state index >= 15 is 0 Å². The lowest BCUT2D eigenvalue weighted by Crippen LogP contribution is -2.40. The molecular formula is C25H22ClN3O4. The van der Waals surface area contributed by atoms with E-state index in [0.29, 0.717) is 31.9 Å². The number of H-pyrrole nitrogens is 1. The number of morpholine rings is 1. The highest BCUT2D eigenvalue weighted by molar-refractivity contribution is 6.33. The van der Waals surface area contributed by atoms with Gasteiger partial charge >= 0.3 is 0 Å². The Kier molecular flexibility index (Phi) is 5.66. The lowest BCUT2D eigenvalue weighted by Gasteiger charge is -2.27. The number of rotatable bonds is 4. The van der Waals surface area contributed by atoms with Gasteiger partial charge in [0.25, 0.3) is 5.91 Å². The maximum absolute atomic E-state index is 13.1. The number of fused-ring (bicyclic) bond motifs is 1. The van der Waals surface area contributed by atoms with E-state index < -0.39 is 0 Å². The molecule has 33 heavy (non-hydrogen) atoms. The highest BCUT2D eigenvalue weighted by Crippen LogP contribution is 2.38. The van der Waals surface area contributed by atoms with Crippen LogP contribution in [-0.4, -0.2) is 59.3 Å². The molecule has 1 aliphatic heterocycles. The van der Waals surface area contributed by atoms with E-state index in [9.17, 15) is 9.90 Å². The van der Waals surface area contributed by atoms with Crippen LogP contribution in [0.15, 0.2) is 54.9 Å². The zero-order valence-corrected chi connectivity index (χ0v) is 18.7. The van der Waals surface area contributed by atoms with Crippen molar-refractivity contribution >= 4 is 28.5 Å². The van der Waals surface area contributed by atoms with Crippen molar-refractivity contribution in [3.63, 3.8) is 0 Å². The second-order valence-corrected chi connectivity index (χ2v) is 8.19. The molecule has 0 unspecified atom stereocenters. The SMILES string of the molecule is COc1ccccc1-c1c[nH]c2ncc(-c3cc(Cl)c(O)c(C(=O)N4CCOCC4)c3)cc12. The molecule has 0 atom stereocenters. The Morgan fingerprint density at radius 1 is 1.15 bits per heavy atom. The summed E-state index contributed by atoms with van der Waals surface area (Å²) in [5.41, 5.74) is 4.25. The van der Waals surface area contributed by atoms with E-state index in [1.54, 1.807) is 30.3 Å². The predicted octanol–water partition coefficient (Wildman–Crippen LogP) is 4.74. The molecule has 1 amide bonds. The van der Waals surface area contributed by atoms with Crippen molar-refractivity contribution in [1.29, 1.82) is 0 Å². The zero-order chi connectivity index (χ0) is 22.9. The number of benzene rings is 2. The van der Waals surface area contributed by atoms with Gasteiger partial charge < -0.3 is 24.5 Å². The molecule has 168 valence electrons. The second kappa shape index (κ2) is 8.77. The van der Waals surface area contributed by atoms with E-state index in [1.807, 2.05) is 36.5 Å². The fourth-order valence-corrected chi connectivity index (χ4v) is 4.34.